The van der Waals surface area contributed by atoms with Crippen molar-refractivity contribution >= 4 is 40.1 Å². The first kappa shape index (κ1) is 20.3. The van der Waals surface area contributed by atoms with Gasteiger partial charge in [0.25, 0.3) is 0 Å². The maximum Gasteiger partial charge on any atom is 0.306 e. The van der Waals surface area contributed by atoms with Gasteiger partial charge in [-0.1, -0.05) is 43.3 Å². The molecule has 1 atom stereocenters. The lowest BCUT2D eigenvalue weighted by atomic mass is 9.98. The molecule has 0 saturated heterocycles. The first-order chi connectivity index (χ1) is 14.5. The van der Waals surface area contributed by atoms with E-state index < -0.39 is 11.9 Å². The van der Waals surface area contributed by atoms with Crippen molar-refractivity contribution in [2.45, 2.75) is 18.2 Å². The van der Waals surface area contributed by atoms with Gasteiger partial charge in [0.2, 0.25) is 5.91 Å². The number of ether oxygens (including phenoxy) is 1. The normalized spacial score (nSPS) is 14.4. The van der Waals surface area contributed by atoms with Gasteiger partial charge in [0.1, 0.15) is 12.4 Å². The average Bonchev–Trinajstić information content (AvgIpc) is 2.75. The van der Waals surface area contributed by atoms with Gasteiger partial charge >= 0.3 is 5.97 Å². The van der Waals surface area contributed by atoms with Crippen molar-refractivity contribution in [2.75, 3.05) is 23.8 Å². The van der Waals surface area contributed by atoms with Crippen LogP contribution in [0.15, 0.2) is 65.6 Å². The molecule has 1 heterocycles. The second-order valence-corrected chi connectivity index (χ2v) is 8.45. The van der Waals surface area contributed by atoms with Gasteiger partial charge in [-0.15, -0.1) is 11.8 Å². The van der Waals surface area contributed by atoms with E-state index in [9.17, 15) is 9.59 Å². The number of rotatable bonds is 7. The van der Waals surface area contributed by atoms with Crippen LogP contribution in [0.2, 0.25) is 0 Å². The lowest BCUT2D eigenvalue weighted by Gasteiger charge is -2.28. The van der Waals surface area contributed by atoms with Crippen LogP contribution in [-0.4, -0.2) is 35.9 Å². The number of thioether (sulfide) groups is 1. The number of nitrogens with zero attached hydrogens (tertiary/aromatic N) is 1. The van der Waals surface area contributed by atoms with E-state index in [4.69, 9.17) is 9.84 Å². The highest BCUT2D eigenvalue weighted by molar-refractivity contribution is 8.00. The Labute approximate surface area is 179 Å². The Hall–Kier alpha value is -2.99. The van der Waals surface area contributed by atoms with Crippen molar-refractivity contribution in [3.63, 3.8) is 0 Å². The molecule has 0 saturated carbocycles. The van der Waals surface area contributed by atoms with E-state index in [-0.39, 0.29) is 5.91 Å². The van der Waals surface area contributed by atoms with Crippen molar-refractivity contribution in [3.05, 3.63) is 66.2 Å². The van der Waals surface area contributed by atoms with E-state index in [0.29, 0.717) is 25.3 Å². The van der Waals surface area contributed by atoms with Crippen LogP contribution in [0.25, 0.3) is 10.8 Å². The van der Waals surface area contributed by atoms with Crippen LogP contribution in [0.3, 0.4) is 0 Å². The molecule has 6 heteroatoms. The van der Waals surface area contributed by atoms with Crippen molar-refractivity contribution in [1.29, 1.82) is 0 Å². The van der Waals surface area contributed by atoms with Crippen LogP contribution in [-0.2, 0) is 16.0 Å². The first-order valence-electron chi connectivity index (χ1n) is 9.92. The summed E-state index contributed by atoms with van der Waals surface area (Å²) in [6, 6.07) is 19.8. The molecule has 30 heavy (non-hydrogen) atoms. The predicted octanol–water partition coefficient (Wildman–Crippen LogP) is 4.62. The third-order valence-corrected chi connectivity index (χ3v) is 6.28. The van der Waals surface area contributed by atoms with Gasteiger partial charge in [0.15, 0.2) is 0 Å². The molecule has 3 aromatic rings. The molecular formula is C24H23NO4S. The molecule has 154 valence electrons. The van der Waals surface area contributed by atoms with E-state index >= 15 is 0 Å². The van der Waals surface area contributed by atoms with Gasteiger partial charge in [-0.05, 0) is 47.0 Å². The summed E-state index contributed by atoms with van der Waals surface area (Å²) in [5.74, 6) is 0.110. The minimum Gasteiger partial charge on any atom is -0.492 e. The fourth-order valence-electron chi connectivity index (χ4n) is 3.58. The molecule has 3 aromatic carbocycles. The van der Waals surface area contributed by atoms with Gasteiger partial charge in [-0.25, -0.2) is 0 Å². The average molecular weight is 422 g/mol. The summed E-state index contributed by atoms with van der Waals surface area (Å²) in [7, 11) is 0. The summed E-state index contributed by atoms with van der Waals surface area (Å²) in [5, 5.41) is 11.2. The van der Waals surface area contributed by atoms with Crippen molar-refractivity contribution in [2.24, 2.45) is 5.92 Å². The monoisotopic (exact) mass is 421 g/mol. The first-order valence-corrected chi connectivity index (χ1v) is 10.9. The molecule has 0 spiro atoms. The van der Waals surface area contributed by atoms with Crippen LogP contribution in [0.5, 0.6) is 5.75 Å². The lowest BCUT2D eigenvalue weighted by Crippen LogP contribution is -2.38. The number of para-hydroxylation sites is 1. The summed E-state index contributed by atoms with van der Waals surface area (Å²) < 4.78 is 5.93. The smallest absolute Gasteiger partial charge is 0.306 e. The number of amides is 1. The van der Waals surface area contributed by atoms with Gasteiger partial charge in [-0.2, -0.15) is 0 Å². The molecule has 1 aliphatic heterocycles. The summed E-state index contributed by atoms with van der Waals surface area (Å²) in [6.45, 7) is 2.62. The zero-order valence-corrected chi connectivity index (χ0v) is 17.5. The highest BCUT2D eigenvalue weighted by Crippen LogP contribution is 2.34. The Morgan fingerprint density at radius 2 is 1.90 bits per heavy atom. The fraction of sp³-hybridized carbons (Fsp3) is 0.250. The molecule has 0 radical (unpaired) electrons. The summed E-state index contributed by atoms with van der Waals surface area (Å²) in [5.41, 5.74) is 1.95. The number of hydrogen-bond donors (Lipinski definition) is 1. The quantitative estimate of drug-likeness (QED) is 0.603. The van der Waals surface area contributed by atoms with Crippen LogP contribution in [0.1, 0.15) is 12.5 Å². The maximum atomic E-state index is 12.3. The molecule has 1 unspecified atom stereocenters. The molecule has 0 bridgehead atoms. The summed E-state index contributed by atoms with van der Waals surface area (Å²) in [4.78, 5) is 26.3. The molecular weight excluding hydrogens is 398 g/mol. The Bertz CT molecular complexity index is 1100. The summed E-state index contributed by atoms with van der Waals surface area (Å²) in [6.07, 6.45) is 0.507. The van der Waals surface area contributed by atoms with E-state index in [1.807, 2.05) is 60.7 Å². The number of carbonyl (C=O) groups is 2. The van der Waals surface area contributed by atoms with Crippen LogP contribution >= 0.6 is 11.8 Å². The number of carboxylic acids is 1. The molecule has 0 aliphatic carbocycles. The third-order valence-electron chi connectivity index (χ3n) is 5.23. The molecule has 1 N–H and O–H groups in total. The number of carbonyl (C=O) groups excluding carboxylic acids is 1. The SMILES string of the molecule is CC(Cc1ccc2cc(OCCN3C(=O)CSc4ccccc43)ccc2c1)C(=O)O. The largest absolute Gasteiger partial charge is 0.492 e. The Morgan fingerprint density at radius 3 is 2.73 bits per heavy atom. The summed E-state index contributed by atoms with van der Waals surface area (Å²) >= 11 is 1.57. The number of benzene rings is 3. The minimum absolute atomic E-state index is 0.101. The van der Waals surface area contributed by atoms with Crippen molar-refractivity contribution in [1.82, 2.24) is 0 Å². The molecule has 0 aromatic heterocycles. The van der Waals surface area contributed by atoms with Crippen molar-refractivity contribution < 1.29 is 19.4 Å². The van der Waals surface area contributed by atoms with E-state index in [0.717, 1.165) is 32.7 Å². The van der Waals surface area contributed by atoms with Crippen LogP contribution in [0.4, 0.5) is 5.69 Å². The number of aliphatic carboxylic acids is 1. The molecule has 5 nitrogen and oxygen atoms in total. The van der Waals surface area contributed by atoms with E-state index in [2.05, 4.69) is 0 Å². The van der Waals surface area contributed by atoms with Gasteiger partial charge in [0, 0.05) is 4.90 Å². The predicted molar refractivity (Wildman–Crippen MR) is 119 cm³/mol. The Balaban J connectivity index is 1.41. The molecule has 0 fully saturated rings. The molecule has 1 aliphatic rings. The zero-order chi connectivity index (χ0) is 21.1. The maximum absolute atomic E-state index is 12.3. The Morgan fingerprint density at radius 1 is 1.13 bits per heavy atom. The zero-order valence-electron chi connectivity index (χ0n) is 16.7. The number of hydrogen-bond acceptors (Lipinski definition) is 4. The van der Waals surface area contributed by atoms with Gasteiger partial charge in [-0.3, -0.25) is 9.59 Å². The topological polar surface area (TPSA) is 66.8 Å². The molecule has 4 rings (SSSR count). The van der Waals surface area contributed by atoms with E-state index in [1.165, 1.54) is 0 Å². The third kappa shape index (κ3) is 4.44. The van der Waals surface area contributed by atoms with E-state index in [1.54, 1.807) is 23.6 Å². The Kier molecular flexibility index (Phi) is 5.95. The van der Waals surface area contributed by atoms with Gasteiger partial charge < -0.3 is 14.7 Å². The van der Waals surface area contributed by atoms with Crippen LogP contribution in [0, 0.1) is 5.92 Å². The number of carboxylic acid groups (broad SMARTS) is 1. The lowest BCUT2D eigenvalue weighted by molar-refractivity contribution is -0.141. The minimum atomic E-state index is -0.785. The highest BCUT2D eigenvalue weighted by atomic mass is 32.2. The number of anilines is 1. The fourth-order valence-corrected chi connectivity index (χ4v) is 4.52. The van der Waals surface area contributed by atoms with Gasteiger partial charge in [0.05, 0.1) is 23.9 Å². The van der Waals surface area contributed by atoms with Crippen molar-refractivity contribution in [3.8, 4) is 5.75 Å². The standard InChI is InChI=1S/C24H23NO4S/c1-16(24(27)28)12-17-6-7-19-14-20(9-8-18(19)13-17)29-11-10-25-21-4-2-3-5-22(21)30-15-23(25)26/h2-9,13-14,16H,10-12,15H2,1H3,(H,27,28). The molecule has 1 amide bonds. The second kappa shape index (κ2) is 8.79. The second-order valence-electron chi connectivity index (χ2n) is 7.44. The number of fused-ring (bicyclic) bond motifs is 2. The highest BCUT2D eigenvalue weighted by Gasteiger charge is 2.24. The van der Waals surface area contributed by atoms with Crippen LogP contribution < -0.4 is 9.64 Å².